The van der Waals surface area contributed by atoms with E-state index in [1.165, 1.54) is 6.07 Å². The van der Waals surface area contributed by atoms with Crippen LogP contribution in [0.25, 0.3) is 11.4 Å². The van der Waals surface area contributed by atoms with Crippen LogP contribution in [0.3, 0.4) is 0 Å². The highest BCUT2D eigenvalue weighted by molar-refractivity contribution is 6.06. The predicted octanol–water partition coefficient (Wildman–Crippen LogP) is 3.57. The van der Waals surface area contributed by atoms with E-state index >= 15 is 0 Å². The average Bonchev–Trinajstić information content (AvgIpc) is 3.18. The molecule has 0 spiro atoms. The minimum atomic E-state index is -0.858. The molecule has 1 aliphatic heterocycles. The average molecular weight is 374 g/mol. The van der Waals surface area contributed by atoms with Crippen LogP contribution in [-0.4, -0.2) is 32.5 Å². The summed E-state index contributed by atoms with van der Waals surface area (Å²) in [6, 6.07) is 4.18. The Morgan fingerprint density at radius 3 is 2.56 bits per heavy atom. The van der Waals surface area contributed by atoms with Gasteiger partial charge in [-0.3, -0.25) is 9.69 Å². The summed E-state index contributed by atoms with van der Waals surface area (Å²) in [6.45, 7) is 5.51. The second kappa shape index (κ2) is 7.46. The van der Waals surface area contributed by atoms with Crippen molar-refractivity contribution in [3.63, 3.8) is 0 Å². The Kier molecular flexibility index (Phi) is 5.25. The number of carbonyl (C=O) groups excluding carboxylic acids is 2. The highest BCUT2D eigenvalue weighted by Crippen LogP contribution is 2.29. The number of benzene rings is 1. The number of carbonyl (C=O) groups is 2. The number of nitrogens with one attached hydrogen (secondary N) is 1. The summed E-state index contributed by atoms with van der Waals surface area (Å²) in [7, 11) is 0. The van der Waals surface area contributed by atoms with Crippen LogP contribution in [0.2, 0.25) is 0 Å². The van der Waals surface area contributed by atoms with Crippen LogP contribution in [0.4, 0.5) is 9.18 Å². The number of hydrogen-bond donors (Lipinski definition) is 1. The van der Waals surface area contributed by atoms with E-state index in [0.29, 0.717) is 24.0 Å². The van der Waals surface area contributed by atoms with Gasteiger partial charge in [0.2, 0.25) is 11.7 Å². The smallest absolute Gasteiger partial charge is 0.325 e. The fourth-order valence-electron chi connectivity index (χ4n) is 3.44. The van der Waals surface area contributed by atoms with Crippen LogP contribution >= 0.6 is 0 Å². The Morgan fingerprint density at radius 1 is 1.22 bits per heavy atom. The minimum Gasteiger partial charge on any atom is -0.337 e. The number of amides is 3. The van der Waals surface area contributed by atoms with Crippen molar-refractivity contribution in [1.29, 1.82) is 0 Å². The van der Waals surface area contributed by atoms with Gasteiger partial charge in [0, 0.05) is 5.56 Å². The molecular weight excluding hydrogens is 351 g/mol. The zero-order chi connectivity index (χ0) is 19.6. The molecule has 2 heterocycles. The maximum atomic E-state index is 13.7. The molecule has 1 aromatic carbocycles. The van der Waals surface area contributed by atoms with Crippen LogP contribution in [0.15, 0.2) is 22.7 Å². The summed E-state index contributed by atoms with van der Waals surface area (Å²) in [5.74, 6) is -0.295. The Bertz CT molecular complexity index is 858. The summed E-state index contributed by atoms with van der Waals surface area (Å²) in [4.78, 5) is 30.6. The molecule has 144 valence electrons. The standard InChI is InChI=1S/C19H23FN4O3/c1-4-8-19(9-5-2)17(25)24(18(26)22-19)11-15-21-16(23-27-15)13-7-6-12(3)14(20)10-13/h6-7,10H,4-5,8-9,11H2,1-3H3,(H,22,26). The van der Waals surface area contributed by atoms with Gasteiger partial charge >= 0.3 is 6.03 Å². The summed E-state index contributed by atoms with van der Waals surface area (Å²) in [5, 5.41) is 6.68. The van der Waals surface area contributed by atoms with E-state index in [9.17, 15) is 14.0 Å². The van der Waals surface area contributed by atoms with E-state index in [-0.39, 0.29) is 30.0 Å². The predicted molar refractivity (Wildman–Crippen MR) is 96.1 cm³/mol. The molecule has 1 saturated heterocycles. The summed E-state index contributed by atoms with van der Waals surface area (Å²) in [6.07, 6.45) is 2.73. The molecule has 0 aliphatic carbocycles. The van der Waals surface area contributed by atoms with Gasteiger partial charge in [-0.1, -0.05) is 44.0 Å². The molecule has 3 rings (SSSR count). The summed E-state index contributed by atoms with van der Waals surface area (Å²) in [5.41, 5.74) is 0.130. The van der Waals surface area contributed by atoms with Gasteiger partial charge in [-0.05, 0) is 31.4 Å². The van der Waals surface area contributed by atoms with Crippen LogP contribution < -0.4 is 5.32 Å². The van der Waals surface area contributed by atoms with Gasteiger partial charge in [-0.2, -0.15) is 4.98 Å². The molecule has 0 unspecified atom stereocenters. The van der Waals surface area contributed by atoms with Crippen LogP contribution in [-0.2, 0) is 11.3 Å². The Balaban J connectivity index is 1.79. The van der Waals surface area contributed by atoms with Crippen LogP contribution in [0, 0.1) is 12.7 Å². The maximum absolute atomic E-state index is 13.7. The van der Waals surface area contributed by atoms with Crippen LogP contribution in [0.1, 0.15) is 51.0 Å². The molecule has 1 aliphatic rings. The van der Waals surface area contributed by atoms with Crippen LogP contribution in [0.5, 0.6) is 0 Å². The van der Waals surface area contributed by atoms with E-state index in [1.54, 1.807) is 19.1 Å². The largest absolute Gasteiger partial charge is 0.337 e. The number of rotatable bonds is 7. The van der Waals surface area contributed by atoms with Crippen molar-refractivity contribution in [2.75, 3.05) is 0 Å². The number of hydrogen-bond acceptors (Lipinski definition) is 5. The van der Waals surface area contributed by atoms with Crippen molar-refractivity contribution in [2.24, 2.45) is 0 Å². The first-order chi connectivity index (χ1) is 12.9. The fraction of sp³-hybridized carbons (Fsp3) is 0.474. The minimum absolute atomic E-state index is 0.110. The highest BCUT2D eigenvalue weighted by atomic mass is 19.1. The van der Waals surface area contributed by atoms with E-state index in [4.69, 9.17) is 4.52 Å². The zero-order valence-electron chi connectivity index (χ0n) is 15.7. The third kappa shape index (κ3) is 3.56. The highest BCUT2D eigenvalue weighted by Gasteiger charge is 2.50. The van der Waals surface area contributed by atoms with Crippen molar-refractivity contribution in [3.8, 4) is 11.4 Å². The lowest BCUT2D eigenvalue weighted by Gasteiger charge is -2.25. The summed E-state index contributed by atoms with van der Waals surface area (Å²) < 4.78 is 18.9. The number of nitrogens with zero attached hydrogens (tertiary/aromatic N) is 3. The molecule has 1 aromatic heterocycles. The number of halogens is 1. The van der Waals surface area contributed by atoms with Crippen molar-refractivity contribution < 1.29 is 18.5 Å². The number of imide groups is 1. The molecule has 0 saturated carbocycles. The molecule has 27 heavy (non-hydrogen) atoms. The molecule has 7 nitrogen and oxygen atoms in total. The molecule has 0 radical (unpaired) electrons. The second-order valence-corrected chi connectivity index (χ2v) is 6.88. The monoisotopic (exact) mass is 374 g/mol. The molecular formula is C19H23FN4O3. The maximum Gasteiger partial charge on any atom is 0.325 e. The van der Waals surface area contributed by atoms with E-state index in [0.717, 1.165) is 17.7 Å². The van der Waals surface area contributed by atoms with Crippen molar-refractivity contribution in [2.45, 2.75) is 58.5 Å². The molecule has 1 fully saturated rings. The Labute approximate surface area is 156 Å². The van der Waals surface area contributed by atoms with Gasteiger partial charge in [0.25, 0.3) is 5.91 Å². The zero-order valence-corrected chi connectivity index (χ0v) is 15.7. The topological polar surface area (TPSA) is 88.3 Å². The van der Waals surface area contributed by atoms with Crippen molar-refractivity contribution in [3.05, 3.63) is 35.5 Å². The SMILES string of the molecule is CCCC1(CCC)NC(=O)N(Cc2nc(-c3ccc(C)c(F)c3)no2)C1=O. The molecule has 0 bridgehead atoms. The number of aromatic nitrogens is 2. The van der Waals surface area contributed by atoms with Gasteiger partial charge in [-0.25, -0.2) is 9.18 Å². The second-order valence-electron chi connectivity index (χ2n) is 6.88. The van der Waals surface area contributed by atoms with Gasteiger partial charge < -0.3 is 9.84 Å². The molecule has 0 atom stereocenters. The lowest BCUT2D eigenvalue weighted by atomic mass is 9.88. The first-order valence-electron chi connectivity index (χ1n) is 9.13. The molecule has 3 amide bonds. The Hall–Kier alpha value is -2.77. The molecule has 1 N–H and O–H groups in total. The van der Waals surface area contributed by atoms with E-state index in [2.05, 4.69) is 15.5 Å². The summed E-state index contributed by atoms with van der Waals surface area (Å²) >= 11 is 0. The van der Waals surface area contributed by atoms with Crippen molar-refractivity contribution in [1.82, 2.24) is 20.4 Å². The normalized spacial score (nSPS) is 16.1. The third-order valence-corrected chi connectivity index (χ3v) is 4.79. The van der Waals surface area contributed by atoms with Gasteiger partial charge in [0.15, 0.2) is 0 Å². The molecule has 8 heteroatoms. The fourth-order valence-corrected chi connectivity index (χ4v) is 3.44. The lowest BCUT2D eigenvalue weighted by Crippen LogP contribution is -2.46. The van der Waals surface area contributed by atoms with E-state index < -0.39 is 11.6 Å². The first-order valence-corrected chi connectivity index (χ1v) is 9.13. The lowest BCUT2D eigenvalue weighted by molar-refractivity contribution is -0.132. The van der Waals surface area contributed by atoms with E-state index in [1.807, 2.05) is 13.8 Å². The quantitative estimate of drug-likeness (QED) is 0.749. The van der Waals surface area contributed by atoms with Crippen molar-refractivity contribution >= 4 is 11.9 Å². The number of aryl methyl sites for hydroxylation is 1. The first kappa shape index (κ1) is 19.0. The van der Waals surface area contributed by atoms with Gasteiger partial charge in [0.1, 0.15) is 17.9 Å². The third-order valence-electron chi connectivity index (χ3n) is 4.79. The van der Waals surface area contributed by atoms with Gasteiger partial charge in [0.05, 0.1) is 0 Å². The number of urea groups is 1. The molecule has 2 aromatic rings. The Morgan fingerprint density at radius 2 is 1.93 bits per heavy atom. The van der Waals surface area contributed by atoms with Gasteiger partial charge in [-0.15, -0.1) is 0 Å².